The molecule has 1 aromatic heterocycles. The molecule has 0 radical (unpaired) electrons. The summed E-state index contributed by atoms with van der Waals surface area (Å²) < 4.78 is 15.1. The van der Waals surface area contributed by atoms with E-state index in [1.807, 2.05) is 11.3 Å². The van der Waals surface area contributed by atoms with Gasteiger partial charge in [-0.05, 0) is 65.6 Å². The molecule has 100 valence electrons. The molecule has 0 saturated heterocycles. The first-order chi connectivity index (χ1) is 9.15. The van der Waals surface area contributed by atoms with E-state index < -0.39 is 0 Å². The van der Waals surface area contributed by atoms with Gasteiger partial charge in [-0.2, -0.15) is 0 Å². The first kappa shape index (κ1) is 13.6. The minimum absolute atomic E-state index is 0.165. The van der Waals surface area contributed by atoms with Crippen LogP contribution >= 0.6 is 45.5 Å². The van der Waals surface area contributed by atoms with Crippen molar-refractivity contribution in [2.45, 2.75) is 25.3 Å². The molecule has 5 heteroatoms. The zero-order valence-corrected chi connectivity index (χ0v) is 13.8. The molecule has 1 heterocycles. The number of aryl methyl sites for hydroxylation is 1. The van der Waals surface area contributed by atoms with Gasteiger partial charge in [-0.25, -0.2) is 4.39 Å². The Bertz CT molecular complexity index is 593. The van der Waals surface area contributed by atoms with Crippen molar-refractivity contribution in [3.05, 3.63) is 48.4 Å². The summed E-state index contributed by atoms with van der Waals surface area (Å²) in [7, 11) is 0. The number of halogens is 3. The molecular weight excluding hydrogens is 396 g/mol. The van der Waals surface area contributed by atoms with E-state index in [9.17, 15) is 4.39 Å². The molecule has 3 rings (SSSR count). The highest BCUT2D eigenvalue weighted by atomic mass is 127. The largest absolute Gasteiger partial charge is 0.375 e. The van der Waals surface area contributed by atoms with Gasteiger partial charge in [0.2, 0.25) is 0 Å². The van der Waals surface area contributed by atoms with Gasteiger partial charge in [0, 0.05) is 4.88 Å². The van der Waals surface area contributed by atoms with E-state index in [1.165, 1.54) is 19.4 Å². The third-order valence-corrected chi connectivity index (χ3v) is 5.65. The second-order valence-electron chi connectivity index (χ2n) is 4.61. The van der Waals surface area contributed by atoms with Gasteiger partial charge in [-0.1, -0.05) is 17.7 Å². The van der Waals surface area contributed by atoms with Crippen LogP contribution in [0.1, 0.15) is 29.3 Å². The molecule has 19 heavy (non-hydrogen) atoms. The first-order valence-electron chi connectivity index (χ1n) is 6.14. The number of nitrogens with one attached hydrogen (secondary N) is 1. The maximum atomic E-state index is 13.8. The Hall–Kier alpha value is -0.330. The Balaban J connectivity index is 1.92. The number of para-hydroxylation sites is 1. The summed E-state index contributed by atoms with van der Waals surface area (Å²) in [4.78, 5) is 1.42. The molecule has 1 aliphatic carbocycles. The third-order valence-electron chi connectivity index (χ3n) is 3.37. The van der Waals surface area contributed by atoms with Crippen LogP contribution in [0.2, 0.25) is 5.02 Å². The predicted octanol–water partition coefficient (Wildman–Crippen LogP) is 5.63. The van der Waals surface area contributed by atoms with Gasteiger partial charge in [0.1, 0.15) is 5.82 Å². The van der Waals surface area contributed by atoms with Crippen molar-refractivity contribution in [1.29, 1.82) is 0 Å². The van der Waals surface area contributed by atoms with E-state index in [4.69, 9.17) is 11.6 Å². The summed E-state index contributed by atoms with van der Waals surface area (Å²) in [5.41, 5.74) is 1.73. The SMILES string of the molecule is Fc1cccc(Cl)c1NC1CCCc2sc(I)cc21. The van der Waals surface area contributed by atoms with E-state index in [0.29, 0.717) is 10.7 Å². The van der Waals surface area contributed by atoms with Crippen LogP contribution in [0.25, 0.3) is 0 Å². The van der Waals surface area contributed by atoms with Crippen molar-refractivity contribution >= 4 is 51.2 Å². The van der Waals surface area contributed by atoms with Gasteiger partial charge in [-0.3, -0.25) is 0 Å². The van der Waals surface area contributed by atoms with Crippen molar-refractivity contribution in [3.63, 3.8) is 0 Å². The Morgan fingerprint density at radius 2 is 2.26 bits per heavy atom. The summed E-state index contributed by atoms with van der Waals surface area (Å²) in [6.07, 6.45) is 3.28. The van der Waals surface area contributed by atoms with E-state index in [-0.39, 0.29) is 11.9 Å². The molecule has 1 nitrogen and oxygen atoms in total. The third kappa shape index (κ3) is 2.76. The van der Waals surface area contributed by atoms with Gasteiger partial charge in [0.15, 0.2) is 0 Å². The normalized spacial score (nSPS) is 18.2. The second kappa shape index (κ2) is 5.58. The molecule has 0 bridgehead atoms. The Morgan fingerprint density at radius 3 is 3.05 bits per heavy atom. The Labute approximate surface area is 134 Å². The molecule has 1 unspecified atom stereocenters. The Morgan fingerprint density at radius 1 is 1.42 bits per heavy atom. The van der Waals surface area contributed by atoms with Crippen molar-refractivity contribution in [3.8, 4) is 0 Å². The number of thiophene rings is 1. The quantitative estimate of drug-likeness (QED) is 0.636. The summed E-state index contributed by atoms with van der Waals surface area (Å²) in [6.45, 7) is 0. The lowest BCUT2D eigenvalue weighted by molar-refractivity contribution is 0.592. The van der Waals surface area contributed by atoms with Crippen LogP contribution < -0.4 is 5.32 Å². The van der Waals surface area contributed by atoms with Crippen LogP contribution in [-0.4, -0.2) is 0 Å². The smallest absolute Gasteiger partial charge is 0.147 e. The highest BCUT2D eigenvalue weighted by molar-refractivity contribution is 14.1. The Kier molecular flexibility index (Phi) is 4.01. The molecule has 0 aliphatic heterocycles. The molecule has 1 atom stereocenters. The highest BCUT2D eigenvalue weighted by Crippen LogP contribution is 2.39. The van der Waals surface area contributed by atoms with Gasteiger partial charge in [0.05, 0.1) is 19.6 Å². The minimum Gasteiger partial charge on any atom is -0.375 e. The highest BCUT2D eigenvalue weighted by Gasteiger charge is 2.23. The van der Waals surface area contributed by atoms with Crippen molar-refractivity contribution < 1.29 is 4.39 Å². The zero-order chi connectivity index (χ0) is 13.4. The summed E-state index contributed by atoms with van der Waals surface area (Å²) >= 11 is 10.3. The molecule has 2 aromatic rings. The number of fused-ring (bicyclic) bond motifs is 1. The maximum absolute atomic E-state index is 13.8. The molecule has 1 aromatic carbocycles. The number of hydrogen-bond donors (Lipinski definition) is 1. The van der Waals surface area contributed by atoms with E-state index in [2.05, 4.69) is 34.0 Å². The van der Waals surface area contributed by atoms with Crippen LogP contribution in [0.15, 0.2) is 24.3 Å². The van der Waals surface area contributed by atoms with Crippen LogP contribution in [0.3, 0.4) is 0 Å². The van der Waals surface area contributed by atoms with Crippen molar-refractivity contribution in [2.24, 2.45) is 0 Å². The maximum Gasteiger partial charge on any atom is 0.147 e. The summed E-state index contributed by atoms with van der Waals surface area (Å²) in [5.74, 6) is -0.287. The summed E-state index contributed by atoms with van der Waals surface area (Å²) in [5, 5.41) is 3.73. The van der Waals surface area contributed by atoms with Crippen LogP contribution in [-0.2, 0) is 6.42 Å². The average Bonchev–Trinajstić information content (AvgIpc) is 2.75. The first-order valence-corrected chi connectivity index (χ1v) is 8.41. The second-order valence-corrected chi connectivity index (χ2v) is 8.05. The number of anilines is 1. The average molecular weight is 408 g/mol. The minimum atomic E-state index is -0.287. The van der Waals surface area contributed by atoms with E-state index in [1.54, 1.807) is 12.1 Å². The fourth-order valence-corrected chi connectivity index (χ4v) is 4.82. The number of rotatable bonds is 2. The summed E-state index contributed by atoms with van der Waals surface area (Å²) in [6, 6.07) is 7.15. The van der Waals surface area contributed by atoms with Crippen LogP contribution in [0.4, 0.5) is 10.1 Å². The fraction of sp³-hybridized carbons (Fsp3) is 0.286. The van der Waals surface area contributed by atoms with Crippen molar-refractivity contribution in [1.82, 2.24) is 0 Å². The molecule has 0 spiro atoms. The lowest BCUT2D eigenvalue weighted by Crippen LogP contribution is -2.16. The van der Waals surface area contributed by atoms with Crippen molar-refractivity contribution in [2.75, 3.05) is 5.32 Å². The molecule has 0 amide bonds. The van der Waals surface area contributed by atoms with Gasteiger partial charge in [0.25, 0.3) is 0 Å². The topological polar surface area (TPSA) is 12.0 Å². The standard InChI is InChI=1S/C14H12ClFINS/c15-9-3-1-4-10(16)14(9)18-11-5-2-6-12-8(11)7-13(17)19-12/h1,3-4,7,11,18H,2,5-6H2. The monoisotopic (exact) mass is 407 g/mol. The van der Waals surface area contributed by atoms with Crippen LogP contribution in [0.5, 0.6) is 0 Å². The lowest BCUT2D eigenvalue weighted by atomic mass is 9.94. The molecule has 0 saturated carbocycles. The molecule has 1 aliphatic rings. The van der Waals surface area contributed by atoms with Crippen LogP contribution in [0, 0.1) is 8.70 Å². The van der Waals surface area contributed by atoms with Gasteiger partial charge in [-0.15, -0.1) is 11.3 Å². The molecule has 1 N–H and O–H groups in total. The van der Waals surface area contributed by atoms with Gasteiger partial charge < -0.3 is 5.32 Å². The van der Waals surface area contributed by atoms with E-state index in [0.717, 1.165) is 19.3 Å². The number of hydrogen-bond acceptors (Lipinski definition) is 2. The number of benzene rings is 1. The van der Waals surface area contributed by atoms with E-state index >= 15 is 0 Å². The molecule has 0 fully saturated rings. The predicted molar refractivity (Wildman–Crippen MR) is 87.7 cm³/mol. The van der Waals surface area contributed by atoms with Gasteiger partial charge >= 0.3 is 0 Å². The lowest BCUT2D eigenvalue weighted by Gasteiger charge is -2.25. The zero-order valence-electron chi connectivity index (χ0n) is 10.1. The molecular formula is C14H12ClFINS. The fourth-order valence-electron chi connectivity index (χ4n) is 2.48.